The number of nitrogens with one attached hydrogen (secondary N) is 1. The molecule has 1 amide bonds. The van der Waals surface area contributed by atoms with Crippen LogP contribution >= 0.6 is 0 Å². The molecule has 1 saturated carbocycles. The van der Waals surface area contributed by atoms with Gasteiger partial charge in [-0.3, -0.25) is 4.79 Å². The zero-order chi connectivity index (χ0) is 18.3. The van der Waals surface area contributed by atoms with Gasteiger partial charge in [-0.05, 0) is 36.5 Å². The molecule has 140 valence electrons. The molecule has 2 rings (SSSR count). The van der Waals surface area contributed by atoms with Crippen LogP contribution in [0.1, 0.15) is 51.0 Å². The van der Waals surface area contributed by atoms with Crippen molar-refractivity contribution in [3.8, 4) is 0 Å². The molecule has 25 heavy (non-hydrogen) atoms. The fourth-order valence-corrected chi connectivity index (χ4v) is 4.52. The van der Waals surface area contributed by atoms with Crippen LogP contribution in [0.15, 0.2) is 29.2 Å². The van der Waals surface area contributed by atoms with Crippen molar-refractivity contribution in [1.82, 2.24) is 5.32 Å². The highest BCUT2D eigenvalue weighted by Gasteiger charge is 2.23. The lowest BCUT2D eigenvalue weighted by Gasteiger charge is -2.18. The molecule has 6 heteroatoms. The molecule has 0 aliphatic heterocycles. The number of hydrogen-bond acceptors (Lipinski definition) is 4. The highest BCUT2D eigenvalue weighted by Crippen LogP contribution is 2.31. The van der Waals surface area contributed by atoms with Gasteiger partial charge in [-0.15, -0.1) is 0 Å². The number of rotatable bonds is 9. The monoisotopic (exact) mass is 367 g/mol. The summed E-state index contributed by atoms with van der Waals surface area (Å²) in [5.74, 6) is 0.563. The number of amides is 1. The number of aliphatic hydroxyl groups is 1. The van der Waals surface area contributed by atoms with E-state index in [2.05, 4.69) is 12.2 Å². The number of carbonyl (C=O) groups is 1. The van der Waals surface area contributed by atoms with Crippen molar-refractivity contribution in [3.63, 3.8) is 0 Å². The molecule has 0 spiro atoms. The van der Waals surface area contributed by atoms with E-state index in [0.29, 0.717) is 12.5 Å². The summed E-state index contributed by atoms with van der Waals surface area (Å²) < 4.78 is 23.7. The van der Waals surface area contributed by atoms with Crippen LogP contribution in [-0.4, -0.2) is 31.8 Å². The van der Waals surface area contributed by atoms with Crippen molar-refractivity contribution >= 4 is 15.7 Å². The summed E-state index contributed by atoms with van der Waals surface area (Å²) in [5.41, 5.74) is 0.868. The van der Waals surface area contributed by atoms with E-state index in [0.717, 1.165) is 18.4 Å². The minimum Gasteiger partial charge on any atom is -0.395 e. The molecule has 0 radical (unpaired) electrons. The molecule has 0 bridgehead atoms. The summed E-state index contributed by atoms with van der Waals surface area (Å²) in [7, 11) is -3.43. The van der Waals surface area contributed by atoms with E-state index >= 15 is 0 Å². The molecule has 1 aromatic rings. The van der Waals surface area contributed by atoms with E-state index < -0.39 is 9.84 Å². The fourth-order valence-electron chi connectivity index (χ4n) is 3.49. The van der Waals surface area contributed by atoms with Gasteiger partial charge in [0.15, 0.2) is 9.84 Å². The zero-order valence-electron chi connectivity index (χ0n) is 14.9. The van der Waals surface area contributed by atoms with Gasteiger partial charge < -0.3 is 10.4 Å². The van der Waals surface area contributed by atoms with Crippen molar-refractivity contribution in [2.45, 2.75) is 56.9 Å². The van der Waals surface area contributed by atoms with Crippen molar-refractivity contribution in [2.75, 3.05) is 12.4 Å². The fraction of sp³-hybridized carbons (Fsp3) is 0.632. The standard InChI is InChI=1S/C19H29NO4S/c1-2-17(13-15-5-3-4-6-15)19(22)20-14-16-7-9-18(10-8-16)25(23,24)12-11-21/h7-10,15,17,21H,2-6,11-14H2,1H3,(H,20,22). The van der Waals surface area contributed by atoms with E-state index in [-0.39, 0.29) is 29.1 Å². The molecule has 5 nitrogen and oxygen atoms in total. The molecule has 0 aromatic heterocycles. The second-order valence-electron chi connectivity index (χ2n) is 6.90. The van der Waals surface area contributed by atoms with Gasteiger partial charge >= 0.3 is 0 Å². The van der Waals surface area contributed by atoms with Gasteiger partial charge in [0.2, 0.25) is 5.91 Å². The highest BCUT2D eigenvalue weighted by atomic mass is 32.2. The van der Waals surface area contributed by atoms with Crippen LogP contribution in [0.5, 0.6) is 0 Å². The Labute approximate surface area is 150 Å². The van der Waals surface area contributed by atoms with Crippen molar-refractivity contribution in [2.24, 2.45) is 11.8 Å². The first kappa shape index (κ1) is 19.9. The maximum atomic E-state index is 12.4. The average molecular weight is 368 g/mol. The van der Waals surface area contributed by atoms with E-state index in [4.69, 9.17) is 5.11 Å². The van der Waals surface area contributed by atoms with Crippen LogP contribution in [0.25, 0.3) is 0 Å². The Hall–Kier alpha value is -1.40. The minimum absolute atomic E-state index is 0.0623. The Morgan fingerprint density at radius 1 is 1.24 bits per heavy atom. The molecular formula is C19H29NO4S. The van der Waals surface area contributed by atoms with Gasteiger partial charge in [0.05, 0.1) is 17.3 Å². The third-order valence-corrected chi connectivity index (χ3v) is 6.78. The van der Waals surface area contributed by atoms with Gasteiger partial charge in [-0.25, -0.2) is 8.42 Å². The first-order valence-electron chi connectivity index (χ1n) is 9.16. The van der Waals surface area contributed by atoms with E-state index in [1.165, 1.54) is 37.8 Å². The molecule has 2 N–H and O–H groups in total. The van der Waals surface area contributed by atoms with Crippen molar-refractivity contribution in [1.29, 1.82) is 0 Å². The van der Waals surface area contributed by atoms with Gasteiger partial charge in [0.1, 0.15) is 0 Å². The van der Waals surface area contributed by atoms with Crippen LogP contribution in [0.3, 0.4) is 0 Å². The molecule has 1 unspecified atom stereocenters. The van der Waals surface area contributed by atoms with Crippen LogP contribution in [0.2, 0.25) is 0 Å². The van der Waals surface area contributed by atoms with Gasteiger partial charge in [-0.1, -0.05) is 44.7 Å². The molecule has 1 aliphatic rings. The summed E-state index contributed by atoms with van der Waals surface area (Å²) in [6.07, 6.45) is 6.88. The van der Waals surface area contributed by atoms with Crippen molar-refractivity contribution in [3.05, 3.63) is 29.8 Å². The van der Waals surface area contributed by atoms with Crippen LogP contribution in [0.4, 0.5) is 0 Å². The molecule has 0 saturated heterocycles. The number of sulfone groups is 1. The summed E-state index contributed by atoms with van der Waals surface area (Å²) in [6, 6.07) is 6.48. The largest absolute Gasteiger partial charge is 0.395 e. The summed E-state index contributed by atoms with van der Waals surface area (Å²) in [6.45, 7) is 2.07. The number of aliphatic hydroxyl groups excluding tert-OH is 1. The maximum absolute atomic E-state index is 12.4. The molecule has 1 fully saturated rings. The van der Waals surface area contributed by atoms with Crippen molar-refractivity contribution < 1.29 is 18.3 Å². The first-order valence-corrected chi connectivity index (χ1v) is 10.8. The Morgan fingerprint density at radius 2 is 1.88 bits per heavy atom. The van der Waals surface area contributed by atoms with E-state index in [9.17, 15) is 13.2 Å². The molecular weight excluding hydrogens is 338 g/mol. The van der Waals surface area contributed by atoms with Crippen LogP contribution in [0, 0.1) is 11.8 Å². The molecule has 1 aromatic carbocycles. The SMILES string of the molecule is CCC(CC1CCCC1)C(=O)NCc1ccc(S(=O)(=O)CCO)cc1. The third kappa shape index (κ3) is 5.82. The lowest BCUT2D eigenvalue weighted by atomic mass is 9.91. The Bertz CT molecular complexity index is 649. The summed E-state index contributed by atoms with van der Waals surface area (Å²) >= 11 is 0. The lowest BCUT2D eigenvalue weighted by Crippen LogP contribution is -2.31. The summed E-state index contributed by atoms with van der Waals surface area (Å²) in [4.78, 5) is 12.6. The second kappa shape index (κ2) is 9.34. The van der Waals surface area contributed by atoms with Gasteiger partial charge in [0, 0.05) is 12.5 Å². The van der Waals surface area contributed by atoms with E-state index in [1.54, 1.807) is 12.1 Å². The predicted molar refractivity (Wildman–Crippen MR) is 97.8 cm³/mol. The van der Waals surface area contributed by atoms with E-state index in [1.807, 2.05) is 0 Å². The van der Waals surface area contributed by atoms with Gasteiger partial charge in [0.25, 0.3) is 0 Å². The van der Waals surface area contributed by atoms with Gasteiger partial charge in [-0.2, -0.15) is 0 Å². The Morgan fingerprint density at radius 3 is 2.44 bits per heavy atom. The lowest BCUT2D eigenvalue weighted by molar-refractivity contribution is -0.125. The topological polar surface area (TPSA) is 83.5 Å². The Balaban J connectivity index is 1.88. The minimum atomic E-state index is -3.43. The van der Waals surface area contributed by atoms with Crippen LogP contribution in [-0.2, 0) is 21.2 Å². The molecule has 1 atom stereocenters. The summed E-state index contributed by atoms with van der Waals surface area (Å²) in [5, 5.41) is 11.8. The zero-order valence-corrected chi connectivity index (χ0v) is 15.7. The number of hydrogen-bond donors (Lipinski definition) is 2. The normalized spacial score (nSPS) is 16.7. The smallest absolute Gasteiger partial charge is 0.223 e. The maximum Gasteiger partial charge on any atom is 0.223 e. The number of benzene rings is 1. The molecule has 1 aliphatic carbocycles. The second-order valence-corrected chi connectivity index (χ2v) is 9.00. The van der Waals surface area contributed by atoms with Crippen LogP contribution < -0.4 is 5.32 Å². The number of carbonyl (C=O) groups excluding carboxylic acids is 1. The third-order valence-electron chi connectivity index (χ3n) is 5.07. The molecule has 0 heterocycles. The predicted octanol–water partition coefficient (Wildman–Crippen LogP) is 2.68. The first-order chi connectivity index (χ1) is 12.0. The average Bonchev–Trinajstić information content (AvgIpc) is 3.11. The quantitative estimate of drug-likeness (QED) is 0.703. The highest BCUT2D eigenvalue weighted by molar-refractivity contribution is 7.91. The Kier molecular flexibility index (Phi) is 7.44.